The fourth-order valence-corrected chi connectivity index (χ4v) is 10.4. The summed E-state index contributed by atoms with van der Waals surface area (Å²) in [6.45, 7) is 9.86. The molecule has 2 aromatic rings. The highest BCUT2D eigenvalue weighted by Gasteiger charge is 2.50. The van der Waals surface area contributed by atoms with Crippen molar-refractivity contribution in [2.45, 2.75) is 116 Å². The van der Waals surface area contributed by atoms with Gasteiger partial charge in [0.25, 0.3) is 0 Å². The number of aliphatic hydroxyl groups is 3. The molecule has 0 radical (unpaired) electrons. The molecule has 0 amide bonds. The van der Waals surface area contributed by atoms with Crippen molar-refractivity contribution in [2.24, 2.45) is 29.1 Å². The Bertz CT molecular complexity index is 1160. The molecule has 7 atom stereocenters. The van der Waals surface area contributed by atoms with Crippen LogP contribution < -0.4 is 0 Å². The SMILES string of the molecule is CC(CCC[C@@](CO)(c1cc2ccccc2s1)C(C)C)[C@H]1CCC2/C(=C\C=C3C[C@@H](O)C[C@@H](O)C3)CCC[C@@]21C. The lowest BCUT2D eigenvalue weighted by atomic mass is 9.60. The second-order valence-electron chi connectivity index (χ2n) is 14.1. The highest BCUT2D eigenvalue weighted by molar-refractivity contribution is 7.19. The molecule has 1 aromatic heterocycles. The van der Waals surface area contributed by atoms with Crippen molar-refractivity contribution in [1.82, 2.24) is 0 Å². The van der Waals surface area contributed by atoms with E-state index in [1.165, 1.54) is 59.1 Å². The maximum atomic E-state index is 10.8. The van der Waals surface area contributed by atoms with E-state index in [1.807, 2.05) is 11.3 Å². The molecular weight excluding hydrogens is 512 g/mol. The Labute approximate surface area is 246 Å². The molecule has 0 saturated heterocycles. The summed E-state index contributed by atoms with van der Waals surface area (Å²) in [7, 11) is 0. The smallest absolute Gasteiger partial charge is 0.0602 e. The van der Waals surface area contributed by atoms with Gasteiger partial charge in [-0.3, -0.25) is 0 Å². The van der Waals surface area contributed by atoms with Crippen molar-refractivity contribution in [3.63, 3.8) is 0 Å². The van der Waals surface area contributed by atoms with Crippen LogP contribution in [0.15, 0.2) is 53.6 Å². The van der Waals surface area contributed by atoms with E-state index in [4.69, 9.17) is 0 Å². The first-order valence-electron chi connectivity index (χ1n) is 16.0. The molecule has 1 aromatic carbocycles. The maximum Gasteiger partial charge on any atom is 0.0602 e. The number of aliphatic hydroxyl groups excluding tert-OH is 3. The Kier molecular flexibility index (Phi) is 9.31. The fraction of sp³-hybridized carbons (Fsp3) is 0.667. The monoisotopic (exact) mass is 564 g/mol. The average molecular weight is 565 g/mol. The van der Waals surface area contributed by atoms with Crippen LogP contribution in [0.2, 0.25) is 0 Å². The van der Waals surface area contributed by atoms with Gasteiger partial charge in [0, 0.05) is 15.0 Å². The molecule has 3 aliphatic carbocycles. The van der Waals surface area contributed by atoms with Gasteiger partial charge in [-0.15, -0.1) is 11.3 Å². The zero-order valence-electron chi connectivity index (χ0n) is 25.2. The van der Waals surface area contributed by atoms with Gasteiger partial charge in [-0.05, 0) is 104 Å². The lowest BCUT2D eigenvalue weighted by Crippen LogP contribution is -2.37. The number of allylic oxidation sites excluding steroid dienone is 3. The standard InChI is InChI=1S/C36H52O3S/c1-24(2)36(23-37,34-21-28-10-5-6-12-33(28)40-34)18-7-9-25(3)31-15-16-32-27(11-8-17-35(31,32)4)14-13-26-19-29(38)22-30(39)20-26/h5-6,10,12-14,21,24-25,29-32,37-39H,7-9,11,15-20,22-23H2,1-4H3/b26-13?,27-14-/t25?,29-,30+,31-,32?,35-,36+/m1/s1. The van der Waals surface area contributed by atoms with E-state index in [2.05, 4.69) is 70.2 Å². The van der Waals surface area contributed by atoms with Crippen LogP contribution in [0.25, 0.3) is 10.1 Å². The van der Waals surface area contributed by atoms with Crippen LogP contribution in [0.3, 0.4) is 0 Å². The Balaban J connectivity index is 1.25. The third-order valence-electron chi connectivity index (χ3n) is 11.4. The van der Waals surface area contributed by atoms with E-state index in [1.54, 1.807) is 5.57 Å². The topological polar surface area (TPSA) is 60.7 Å². The summed E-state index contributed by atoms with van der Waals surface area (Å²) in [5, 5.41) is 32.3. The summed E-state index contributed by atoms with van der Waals surface area (Å²) >= 11 is 1.87. The molecule has 5 rings (SSSR count). The van der Waals surface area contributed by atoms with Crippen LogP contribution in [0.5, 0.6) is 0 Å². The molecule has 40 heavy (non-hydrogen) atoms. The van der Waals surface area contributed by atoms with Gasteiger partial charge in [-0.1, -0.05) is 82.0 Å². The summed E-state index contributed by atoms with van der Waals surface area (Å²) < 4.78 is 1.32. The number of thiophene rings is 1. The summed E-state index contributed by atoms with van der Waals surface area (Å²) in [5.41, 5.74) is 3.00. The minimum Gasteiger partial charge on any atom is -0.395 e. The lowest BCUT2D eigenvalue weighted by Gasteiger charge is -2.44. The predicted octanol–water partition coefficient (Wildman–Crippen LogP) is 8.57. The number of hydrogen-bond acceptors (Lipinski definition) is 4. The van der Waals surface area contributed by atoms with E-state index in [9.17, 15) is 15.3 Å². The van der Waals surface area contributed by atoms with Gasteiger partial charge in [0.2, 0.25) is 0 Å². The lowest BCUT2D eigenvalue weighted by molar-refractivity contribution is 0.0609. The van der Waals surface area contributed by atoms with E-state index >= 15 is 0 Å². The van der Waals surface area contributed by atoms with Crippen molar-refractivity contribution in [2.75, 3.05) is 6.61 Å². The first-order valence-corrected chi connectivity index (χ1v) is 16.8. The third kappa shape index (κ3) is 5.89. The zero-order valence-corrected chi connectivity index (χ0v) is 26.1. The van der Waals surface area contributed by atoms with Gasteiger partial charge in [0.1, 0.15) is 0 Å². The number of rotatable bonds is 9. The molecule has 3 nitrogen and oxygen atoms in total. The van der Waals surface area contributed by atoms with Gasteiger partial charge in [-0.25, -0.2) is 0 Å². The molecule has 220 valence electrons. The third-order valence-corrected chi connectivity index (χ3v) is 12.7. The number of fused-ring (bicyclic) bond motifs is 2. The van der Waals surface area contributed by atoms with Crippen molar-refractivity contribution in [3.05, 3.63) is 58.5 Å². The molecular formula is C36H52O3S. The predicted molar refractivity (Wildman–Crippen MR) is 169 cm³/mol. The van der Waals surface area contributed by atoms with Gasteiger partial charge in [0.15, 0.2) is 0 Å². The molecule has 0 spiro atoms. The van der Waals surface area contributed by atoms with Crippen LogP contribution >= 0.6 is 11.3 Å². The number of benzene rings is 1. The minimum atomic E-state index is -0.402. The van der Waals surface area contributed by atoms with Crippen LogP contribution in [0, 0.1) is 29.1 Å². The number of hydrogen-bond donors (Lipinski definition) is 3. The van der Waals surface area contributed by atoms with Crippen molar-refractivity contribution >= 4 is 21.4 Å². The normalized spacial score (nSPS) is 33.5. The highest BCUT2D eigenvalue weighted by atomic mass is 32.1. The minimum absolute atomic E-state index is 0.167. The van der Waals surface area contributed by atoms with E-state index in [0.29, 0.717) is 42.4 Å². The maximum absolute atomic E-state index is 10.8. The molecule has 3 saturated carbocycles. The van der Waals surface area contributed by atoms with E-state index in [-0.39, 0.29) is 12.0 Å². The largest absolute Gasteiger partial charge is 0.395 e. The van der Waals surface area contributed by atoms with Crippen molar-refractivity contribution < 1.29 is 15.3 Å². The molecule has 3 aliphatic rings. The Morgan fingerprint density at radius 3 is 2.52 bits per heavy atom. The quantitative estimate of drug-likeness (QED) is 0.286. The summed E-state index contributed by atoms with van der Waals surface area (Å²) in [5.74, 6) is 2.48. The Morgan fingerprint density at radius 1 is 1.07 bits per heavy atom. The van der Waals surface area contributed by atoms with Crippen molar-refractivity contribution in [1.29, 1.82) is 0 Å². The molecule has 1 heterocycles. The second-order valence-corrected chi connectivity index (χ2v) is 15.2. The summed E-state index contributed by atoms with van der Waals surface area (Å²) in [4.78, 5) is 1.35. The summed E-state index contributed by atoms with van der Waals surface area (Å²) in [6, 6.07) is 11.0. The van der Waals surface area contributed by atoms with Crippen molar-refractivity contribution in [3.8, 4) is 0 Å². The van der Waals surface area contributed by atoms with Gasteiger partial charge in [0.05, 0.1) is 18.8 Å². The second kappa shape index (κ2) is 12.4. The molecule has 2 unspecified atom stereocenters. The van der Waals surface area contributed by atoms with Crippen LogP contribution in [-0.4, -0.2) is 34.1 Å². The fourth-order valence-electron chi connectivity index (χ4n) is 8.95. The molecule has 0 aliphatic heterocycles. The van der Waals surface area contributed by atoms with Gasteiger partial charge >= 0.3 is 0 Å². The first-order chi connectivity index (χ1) is 19.2. The molecule has 3 N–H and O–H groups in total. The van der Waals surface area contributed by atoms with Gasteiger partial charge < -0.3 is 15.3 Å². The first kappa shape index (κ1) is 30.0. The van der Waals surface area contributed by atoms with E-state index in [0.717, 1.165) is 18.8 Å². The van der Waals surface area contributed by atoms with Gasteiger partial charge in [-0.2, -0.15) is 0 Å². The van der Waals surface area contributed by atoms with E-state index < -0.39 is 12.2 Å². The average Bonchev–Trinajstić information content (AvgIpc) is 3.50. The molecule has 0 bridgehead atoms. The molecule has 4 heteroatoms. The Morgan fingerprint density at radius 2 is 1.82 bits per heavy atom. The molecule has 3 fully saturated rings. The Hall–Kier alpha value is -1.46. The van der Waals surface area contributed by atoms with Crippen LogP contribution in [0.1, 0.15) is 103 Å². The highest BCUT2D eigenvalue weighted by Crippen LogP contribution is 2.60. The van der Waals surface area contributed by atoms with Crippen LogP contribution in [0.4, 0.5) is 0 Å². The summed E-state index contributed by atoms with van der Waals surface area (Å²) in [6.07, 6.45) is 15.5. The zero-order chi connectivity index (χ0) is 28.5. The van der Waals surface area contributed by atoms with Crippen LogP contribution in [-0.2, 0) is 5.41 Å².